The van der Waals surface area contributed by atoms with Gasteiger partial charge in [-0.25, -0.2) is 4.98 Å². The minimum absolute atomic E-state index is 0.122. The van der Waals surface area contributed by atoms with Crippen LogP contribution in [0.3, 0.4) is 0 Å². The summed E-state index contributed by atoms with van der Waals surface area (Å²) >= 11 is 0. The van der Waals surface area contributed by atoms with E-state index in [-0.39, 0.29) is 12.5 Å². The Kier molecular flexibility index (Phi) is 5.11. The number of rotatable bonds is 5. The van der Waals surface area contributed by atoms with Crippen LogP contribution in [-0.4, -0.2) is 35.9 Å². The number of hydrogen-bond donors (Lipinski definition) is 1. The summed E-state index contributed by atoms with van der Waals surface area (Å²) in [6.07, 6.45) is 2.08. The largest absolute Gasteiger partial charge is 0.310 e. The van der Waals surface area contributed by atoms with E-state index < -0.39 is 0 Å². The molecule has 0 saturated carbocycles. The Morgan fingerprint density at radius 3 is 3.06 bits per heavy atom. The molecule has 0 aliphatic carbocycles. The summed E-state index contributed by atoms with van der Waals surface area (Å²) in [4.78, 5) is 17.5. The van der Waals surface area contributed by atoms with E-state index in [0.29, 0.717) is 18.8 Å². The highest BCUT2D eigenvalue weighted by atomic mass is 16.2. The third kappa shape index (κ3) is 5.09. The first kappa shape index (κ1) is 13.1. The molecule has 1 rings (SSSR count). The monoisotopic (exact) mass is 232 g/mol. The van der Waals surface area contributed by atoms with Gasteiger partial charge in [-0.05, 0) is 31.7 Å². The molecule has 0 saturated heterocycles. The van der Waals surface area contributed by atoms with Crippen LogP contribution in [0.25, 0.3) is 0 Å². The number of pyridine rings is 1. The van der Waals surface area contributed by atoms with Crippen LogP contribution in [0.15, 0.2) is 18.3 Å². The van der Waals surface area contributed by atoms with Gasteiger partial charge in [0.15, 0.2) is 0 Å². The molecular weight excluding hydrogens is 216 g/mol. The standard InChI is InChI=1S/C12H16N4O/c1-10-4-6-14-11(8-10)15-12(17)9-16(2)7-3-5-13/h4,6,8H,3,7,9H2,1-2H3,(H,14,15,17). The molecule has 0 atom stereocenters. The van der Waals surface area contributed by atoms with Gasteiger partial charge in [-0.3, -0.25) is 9.69 Å². The van der Waals surface area contributed by atoms with E-state index in [0.717, 1.165) is 5.56 Å². The van der Waals surface area contributed by atoms with Gasteiger partial charge in [0.25, 0.3) is 0 Å². The van der Waals surface area contributed by atoms with Crippen molar-refractivity contribution in [3.63, 3.8) is 0 Å². The van der Waals surface area contributed by atoms with Crippen molar-refractivity contribution in [1.82, 2.24) is 9.88 Å². The fraction of sp³-hybridized carbons (Fsp3) is 0.417. The van der Waals surface area contributed by atoms with Gasteiger partial charge in [0.2, 0.25) is 5.91 Å². The third-order valence-electron chi connectivity index (χ3n) is 2.20. The van der Waals surface area contributed by atoms with E-state index in [1.54, 1.807) is 18.1 Å². The van der Waals surface area contributed by atoms with E-state index in [1.165, 1.54) is 0 Å². The summed E-state index contributed by atoms with van der Waals surface area (Å²) in [7, 11) is 1.81. The molecule has 90 valence electrons. The zero-order chi connectivity index (χ0) is 12.7. The van der Waals surface area contributed by atoms with Gasteiger partial charge < -0.3 is 5.32 Å². The van der Waals surface area contributed by atoms with Crippen molar-refractivity contribution in [3.8, 4) is 6.07 Å². The second kappa shape index (κ2) is 6.61. The average molecular weight is 232 g/mol. The van der Waals surface area contributed by atoms with Gasteiger partial charge in [-0.15, -0.1) is 0 Å². The quantitative estimate of drug-likeness (QED) is 0.827. The molecule has 5 nitrogen and oxygen atoms in total. The molecule has 1 aromatic heterocycles. The normalized spacial score (nSPS) is 10.0. The number of amides is 1. The second-order valence-corrected chi connectivity index (χ2v) is 3.91. The highest BCUT2D eigenvalue weighted by Crippen LogP contribution is 2.04. The van der Waals surface area contributed by atoms with Crippen molar-refractivity contribution in [2.75, 3.05) is 25.5 Å². The minimum Gasteiger partial charge on any atom is -0.310 e. The van der Waals surface area contributed by atoms with Crippen LogP contribution in [0.1, 0.15) is 12.0 Å². The van der Waals surface area contributed by atoms with Gasteiger partial charge in [-0.1, -0.05) is 0 Å². The maximum Gasteiger partial charge on any atom is 0.239 e. The number of carbonyl (C=O) groups excluding carboxylic acids is 1. The van der Waals surface area contributed by atoms with Gasteiger partial charge in [0, 0.05) is 19.2 Å². The molecule has 0 unspecified atom stereocenters. The Bertz CT molecular complexity index is 425. The first-order chi connectivity index (χ1) is 8.11. The first-order valence-corrected chi connectivity index (χ1v) is 5.40. The SMILES string of the molecule is Cc1ccnc(NC(=O)CN(C)CCC#N)c1. The van der Waals surface area contributed by atoms with Gasteiger partial charge >= 0.3 is 0 Å². The lowest BCUT2D eigenvalue weighted by molar-refractivity contribution is -0.117. The number of aromatic nitrogens is 1. The molecule has 1 N–H and O–H groups in total. The molecule has 1 amide bonds. The number of carbonyl (C=O) groups is 1. The van der Waals surface area contributed by atoms with E-state index in [2.05, 4.69) is 10.3 Å². The number of nitriles is 1. The van der Waals surface area contributed by atoms with Crippen molar-refractivity contribution < 1.29 is 4.79 Å². The van der Waals surface area contributed by atoms with Crippen LogP contribution >= 0.6 is 0 Å². The average Bonchev–Trinajstić information content (AvgIpc) is 2.26. The van der Waals surface area contributed by atoms with Crippen LogP contribution in [0, 0.1) is 18.3 Å². The molecule has 1 heterocycles. The van der Waals surface area contributed by atoms with Crippen molar-refractivity contribution in [2.24, 2.45) is 0 Å². The predicted octanol–water partition coefficient (Wildman–Crippen LogP) is 1.17. The highest BCUT2D eigenvalue weighted by molar-refractivity contribution is 5.91. The number of hydrogen-bond acceptors (Lipinski definition) is 4. The minimum atomic E-state index is -0.122. The van der Waals surface area contributed by atoms with Crippen LogP contribution < -0.4 is 5.32 Å². The molecule has 5 heteroatoms. The second-order valence-electron chi connectivity index (χ2n) is 3.91. The number of nitrogens with one attached hydrogen (secondary N) is 1. The summed E-state index contributed by atoms with van der Waals surface area (Å²) in [6, 6.07) is 5.73. The van der Waals surface area contributed by atoms with Crippen molar-refractivity contribution >= 4 is 11.7 Å². The number of anilines is 1. The number of nitrogens with zero attached hydrogens (tertiary/aromatic N) is 3. The van der Waals surface area contributed by atoms with Gasteiger partial charge in [0.05, 0.1) is 12.6 Å². The molecule has 0 aromatic carbocycles. The van der Waals surface area contributed by atoms with Gasteiger partial charge in [-0.2, -0.15) is 5.26 Å². The molecular formula is C12H16N4O. The fourth-order valence-electron chi connectivity index (χ4n) is 1.35. The number of likely N-dealkylation sites (N-methyl/N-ethyl adjacent to an activating group) is 1. The molecule has 0 fully saturated rings. The lowest BCUT2D eigenvalue weighted by atomic mass is 10.3. The van der Waals surface area contributed by atoms with Crippen LogP contribution in [0.2, 0.25) is 0 Å². The van der Waals surface area contributed by atoms with Crippen LogP contribution in [0.4, 0.5) is 5.82 Å². The van der Waals surface area contributed by atoms with Crippen molar-refractivity contribution in [3.05, 3.63) is 23.9 Å². The summed E-state index contributed by atoms with van der Waals surface area (Å²) in [5.74, 6) is 0.437. The maximum absolute atomic E-state index is 11.6. The van der Waals surface area contributed by atoms with Crippen LogP contribution in [-0.2, 0) is 4.79 Å². The summed E-state index contributed by atoms with van der Waals surface area (Å²) in [6.45, 7) is 2.79. The number of aryl methyl sites for hydroxylation is 1. The smallest absolute Gasteiger partial charge is 0.239 e. The Labute approximate surface area is 101 Å². The van der Waals surface area contributed by atoms with E-state index >= 15 is 0 Å². The zero-order valence-electron chi connectivity index (χ0n) is 10.1. The van der Waals surface area contributed by atoms with Gasteiger partial charge in [0.1, 0.15) is 5.82 Å². The summed E-state index contributed by atoms with van der Waals surface area (Å²) in [5, 5.41) is 11.1. The van der Waals surface area contributed by atoms with E-state index in [4.69, 9.17) is 5.26 Å². The first-order valence-electron chi connectivity index (χ1n) is 5.40. The molecule has 0 spiro atoms. The molecule has 1 aromatic rings. The Hall–Kier alpha value is -1.93. The van der Waals surface area contributed by atoms with Crippen molar-refractivity contribution in [2.45, 2.75) is 13.3 Å². The lowest BCUT2D eigenvalue weighted by Gasteiger charge is -2.14. The Balaban J connectivity index is 2.42. The van der Waals surface area contributed by atoms with E-state index in [1.807, 2.05) is 25.1 Å². The molecule has 0 radical (unpaired) electrons. The Morgan fingerprint density at radius 2 is 2.41 bits per heavy atom. The highest BCUT2D eigenvalue weighted by Gasteiger charge is 2.07. The summed E-state index contributed by atoms with van der Waals surface area (Å²) in [5.41, 5.74) is 1.05. The molecule has 17 heavy (non-hydrogen) atoms. The fourth-order valence-corrected chi connectivity index (χ4v) is 1.35. The molecule has 0 aliphatic heterocycles. The summed E-state index contributed by atoms with van der Waals surface area (Å²) < 4.78 is 0. The maximum atomic E-state index is 11.6. The topological polar surface area (TPSA) is 69.0 Å². The van der Waals surface area contributed by atoms with E-state index in [9.17, 15) is 4.79 Å². The molecule has 0 bridgehead atoms. The third-order valence-corrected chi connectivity index (χ3v) is 2.20. The lowest BCUT2D eigenvalue weighted by Crippen LogP contribution is -2.31. The van der Waals surface area contributed by atoms with Crippen molar-refractivity contribution in [1.29, 1.82) is 5.26 Å². The molecule has 0 aliphatic rings. The predicted molar refractivity (Wildman–Crippen MR) is 65.3 cm³/mol. The zero-order valence-corrected chi connectivity index (χ0v) is 10.1. The van der Waals surface area contributed by atoms with Crippen LogP contribution in [0.5, 0.6) is 0 Å². The Morgan fingerprint density at radius 1 is 1.65 bits per heavy atom.